The van der Waals surface area contributed by atoms with Crippen molar-refractivity contribution in [3.05, 3.63) is 34.1 Å². The minimum absolute atomic E-state index is 0.135. The Kier molecular flexibility index (Phi) is 6.15. The number of rotatable bonds is 5. The van der Waals surface area contributed by atoms with Gasteiger partial charge in [0.2, 0.25) is 0 Å². The first-order valence-electron chi connectivity index (χ1n) is 7.07. The summed E-state index contributed by atoms with van der Waals surface area (Å²) < 4.78 is 20.5. The highest BCUT2D eigenvalue weighted by atomic mass is 79.9. The van der Waals surface area contributed by atoms with Crippen LogP contribution in [0.5, 0.6) is 0 Å². The van der Waals surface area contributed by atoms with E-state index in [-0.39, 0.29) is 10.9 Å². The molecule has 2 nitrogen and oxygen atoms in total. The van der Waals surface area contributed by atoms with Crippen molar-refractivity contribution in [1.29, 1.82) is 5.26 Å². The molecule has 21 heavy (non-hydrogen) atoms. The van der Waals surface area contributed by atoms with Crippen LogP contribution in [0.25, 0.3) is 0 Å². The van der Waals surface area contributed by atoms with Gasteiger partial charge in [-0.1, -0.05) is 32.9 Å². The van der Waals surface area contributed by atoms with Gasteiger partial charge in [0.25, 0.3) is 0 Å². The Morgan fingerprint density at radius 3 is 2.52 bits per heavy atom. The van der Waals surface area contributed by atoms with Crippen LogP contribution in [0, 0.1) is 17.1 Å². The van der Waals surface area contributed by atoms with Gasteiger partial charge in [-0.15, -0.1) is 0 Å². The van der Waals surface area contributed by atoms with E-state index >= 15 is 0 Å². The zero-order valence-electron chi connectivity index (χ0n) is 13.3. The smallest absolute Gasteiger partial charge is 0.191 e. The molecule has 1 aromatic rings. The fourth-order valence-corrected chi connectivity index (χ4v) is 3.17. The molecule has 0 bridgehead atoms. The molecule has 0 fully saturated rings. The van der Waals surface area contributed by atoms with Crippen molar-refractivity contribution < 1.29 is 8.82 Å². The molecule has 1 unspecified atom stereocenters. The Hall–Kier alpha value is -0.703. The molecule has 0 amide bonds. The standard InChI is InChI=1S/C16H23BrFNOSi/c1-16(2,3)21(4,5)20-10-9-12(11-19)13-7-6-8-14(17)15(13)18/h6-8,12H,9-10H2,1-5H3. The summed E-state index contributed by atoms with van der Waals surface area (Å²) in [6.07, 6.45) is 0.510. The lowest BCUT2D eigenvalue weighted by atomic mass is 9.97. The number of halogens is 2. The second-order valence-electron chi connectivity index (χ2n) is 6.72. The average molecular weight is 372 g/mol. The van der Waals surface area contributed by atoms with E-state index in [1.54, 1.807) is 18.2 Å². The Morgan fingerprint density at radius 1 is 1.38 bits per heavy atom. The van der Waals surface area contributed by atoms with E-state index in [4.69, 9.17) is 4.43 Å². The van der Waals surface area contributed by atoms with Crippen LogP contribution in [-0.2, 0) is 4.43 Å². The number of nitriles is 1. The van der Waals surface area contributed by atoms with Gasteiger partial charge < -0.3 is 4.43 Å². The summed E-state index contributed by atoms with van der Waals surface area (Å²) in [6, 6.07) is 7.24. The topological polar surface area (TPSA) is 33.0 Å². The van der Waals surface area contributed by atoms with Crippen molar-refractivity contribution in [2.45, 2.75) is 51.2 Å². The summed E-state index contributed by atoms with van der Waals surface area (Å²) in [6.45, 7) is 11.4. The zero-order chi connectivity index (χ0) is 16.3. The molecule has 1 aromatic carbocycles. The highest BCUT2D eigenvalue weighted by Crippen LogP contribution is 2.37. The highest BCUT2D eigenvalue weighted by Gasteiger charge is 2.37. The number of nitrogens with zero attached hydrogens (tertiary/aromatic N) is 1. The maximum absolute atomic E-state index is 14.1. The summed E-state index contributed by atoms with van der Waals surface area (Å²) in [5.41, 5.74) is 0.436. The van der Waals surface area contributed by atoms with Gasteiger partial charge in [-0.05, 0) is 46.5 Å². The third-order valence-corrected chi connectivity index (χ3v) is 9.34. The molecule has 0 aliphatic rings. The summed E-state index contributed by atoms with van der Waals surface area (Å²) >= 11 is 3.16. The van der Waals surface area contributed by atoms with Gasteiger partial charge in [-0.3, -0.25) is 0 Å². The van der Waals surface area contributed by atoms with Gasteiger partial charge in [0.15, 0.2) is 8.32 Å². The molecule has 1 rings (SSSR count). The van der Waals surface area contributed by atoms with Gasteiger partial charge in [0.05, 0.1) is 16.5 Å². The van der Waals surface area contributed by atoms with Crippen LogP contribution in [0.15, 0.2) is 22.7 Å². The first-order chi connectivity index (χ1) is 9.60. The van der Waals surface area contributed by atoms with E-state index in [9.17, 15) is 9.65 Å². The van der Waals surface area contributed by atoms with Crippen LogP contribution in [0.2, 0.25) is 18.1 Å². The second kappa shape index (κ2) is 7.04. The maximum Gasteiger partial charge on any atom is 0.191 e. The number of benzene rings is 1. The Bertz CT molecular complexity index is 534. The number of hydrogen-bond acceptors (Lipinski definition) is 2. The van der Waals surface area contributed by atoms with E-state index in [0.29, 0.717) is 23.1 Å². The third-order valence-electron chi connectivity index (χ3n) is 4.19. The minimum Gasteiger partial charge on any atom is -0.417 e. The molecule has 5 heteroatoms. The lowest BCUT2D eigenvalue weighted by molar-refractivity contribution is 0.277. The van der Waals surface area contributed by atoms with E-state index < -0.39 is 14.2 Å². The average Bonchev–Trinajstić information content (AvgIpc) is 2.37. The summed E-state index contributed by atoms with van der Waals surface area (Å²) in [4.78, 5) is 0. The van der Waals surface area contributed by atoms with Crippen molar-refractivity contribution in [2.24, 2.45) is 0 Å². The van der Waals surface area contributed by atoms with Gasteiger partial charge in [0.1, 0.15) is 5.82 Å². The lowest BCUT2D eigenvalue weighted by Crippen LogP contribution is -2.41. The molecule has 116 valence electrons. The van der Waals surface area contributed by atoms with Crippen LogP contribution in [-0.4, -0.2) is 14.9 Å². The summed E-state index contributed by atoms with van der Waals surface area (Å²) in [7, 11) is -1.82. The quantitative estimate of drug-likeness (QED) is 0.630. The third kappa shape index (κ3) is 4.63. The van der Waals surface area contributed by atoms with Crippen LogP contribution in [0.3, 0.4) is 0 Å². The van der Waals surface area contributed by atoms with Crippen molar-refractivity contribution in [3.63, 3.8) is 0 Å². The molecule has 0 aliphatic carbocycles. The van der Waals surface area contributed by atoms with Crippen molar-refractivity contribution in [3.8, 4) is 6.07 Å². The number of hydrogen-bond donors (Lipinski definition) is 0. The van der Waals surface area contributed by atoms with Crippen molar-refractivity contribution in [1.82, 2.24) is 0 Å². The Balaban J connectivity index is 2.74. The zero-order valence-corrected chi connectivity index (χ0v) is 15.9. The molecule has 0 spiro atoms. The van der Waals surface area contributed by atoms with Crippen molar-refractivity contribution >= 4 is 24.2 Å². The molecule has 0 saturated carbocycles. The minimum atomic E-state index is -1.82. The fraction of sp³-hybridized carbons (Fsp3) is 0.562. The van der Waals surface area contributed by atoms with Gasteiger partial charge in [0, 0.05) is 12.2 Å². The van der Waals surface area contributed by atoms with E-state index in [0.717, 1.165) is 0 Å². The van der Waals surface area contributed by atoms with Gasteiger partial charge in [-0.2, -0.15) is 5.26 Å². The lowest BCUT2D eigenvalue weighted by Gasteiger charge is -2.36. The molecular weight excluding hydrogens is 349 g/mol. The molecule has 0 aromatic heterocycles. The fourth-order valence-electron chi connectivity index (χ4n) is 1.73. The first kappa shape index (κ1) is 18.3. The summed E-state index contributed by atoms with van der Waals surface area (Å²) in [5.74, 6) is -0.830. The Morgan fingerprint density at radius 2 is 2.00 bits per heavy atom. The van der Waals surface area contributed by atoms with Crippen LogP contribution in [0.1, 0.15) is 38.7 Å². The summed E-state index contributed by atoms with van der Waals surface area (Å²) in [5, 5.41) is 9.44. The van der Waals surface area contributed by atoms with Crippen LogP contribution < -0.4 is 0 Å². The predicted octanol–water partition coefficient (Wildman–Crippen LogP) is 5.61. The van der Waals surface area contributed by atoms with Gasteiger partial charge in [-0.25, -0.2) is 4.39 Å². The van der Waals surface area contributed by atoms with E-state index in [1.165, 1.54) is 0 Å². The molecule has 0 saturated heterocycles. The molecule has 0 radical (unpaired) electrons. The van der Waals surface area contributed by atoms with Crippen LogP contribution >= 0.6 is 15.9 Å². The predicted molar refractivity (Wildman–Crippen MR) is 90.2 cm³/mol. The largest absolute Gasteiger partial charge is 0.417 e. The van der Waals surface area contributed by atoms with Gasteiger partial charge >= 0.3 is 0 Å². The molecule has 0 aliphatic heterocycles. The van der Waals surface area contributed by atoms with Crippen LogP contribution in [0.4, 0.5) is 4.39 Å². The molecular formula is C16H23BrFNOSi. The Labute approximate surface area is 136 Å². The monoisotopic (exact) mass is 371 g/mol. The first-order valence-corrected chi connectivity index (χ1v) is 10.8. The molecule has 0 N–H and O–H groups in total. The van der Waals surface area contributed by atoms with E-state index in [2.05, 4.69) is 55.9 Å². The molecule has 0 heterocycles. The maximum atomic E-state index is 14.1. The van der Waals surface area contributed by atoms with Crippen molar-refractivity contribution in [2.75, 3.05) is 6.61 Å². The highest BCUT2D eigenvalue weighted by molar-refractivity contribution is 9.10. The normalized spacial score (nSPS) is 13.8. The SMILES string of the molecule is CC(C)(C)[Si](C)(C)OCCC(C#N)c1cccc(Br)c1F. The molecule has 1 atom stereocenters. The second-order valence-corrected chi connectivity index (χ2v) is 12.4. The van der Waals surface area contributed by atoms with E-state index in [1.807, 2.05) is 0 Å².